The second-order valence-electron chi connectivity index (χ2n) is 5.02. The predicted molar refractivity (Wildman–Crippen MR) is 79.4 cm³/mol. The minimum absolute atomic E-state index is 0.0301. The van der Waals surface area contributed by atoms with E-state index >= 15 is 0 Å². The third-order valence-electron chi connectivity index (χ3n) is 2.52. The summed E-state index contributed by atoms with van der Waals surface area (Å²) in [5, 5.41) is 5.35. The van der Waals surface area contributed by atoms with Gasteiger partial charge < -0.3 is 14.9 Å². The first kappa shape index (κ1) is 18.8. The molecule has 1 amide bonds. The van der Waals surface area contributed by atoms with E-state index in [0.29, 0.717) is 11.3 Å². The Kier molecular flexibility index (Phi) is 6.87. The summed E-state index contributed by atoms with van der Waals surface area (Å²) in [7, 11) is 0. The zero-order valence-corrected chi connectivity index (χ0v) is 13.1. The van der Waals surface area contributed by atoms with E-state index in [2.05, 4.69) is 5.16 Å². The van der Waals surface area contributed by atoms with Crippen LogP contribution in [0.5, 0.6) is 5.75 Å². The van der Waals surface area contributed by atoms with Crippen LogP contribution in [0.25, 0.3) is 0 Å². The highest BCUT2D eigenvalue weighted by atomic mass is 19.4. The summed E-state index contributed by atoms with van der Waals surface area (Å²) in [6.07, 6.45) is -4.30. The smallest absolute Gasteiger partial charge is 0.405 e. The molecule has 0 fully saturated rings. The Balaban J connectivity index is 2.57. The molecule has 0 radical (unpaired) electrons. The van der Waals surface area contributed by atoms with Crippen molar-refractivity contribution >= 4 is 12.1 Å². The van der Waals surface area contributed by atoms with Crippen molar-refractivity contribution in [1.82, 2.24) is 5.32 Å². The van der Waals surface area contributed by atoms with E-state index in [9.17, 15) is 18.0 Å². The summed E-state index contributed by atoms with van der Waals surface area (Å²) < 4.78 is 41.6. The molecule has 128 valence electrons. The lowest BCUT2D eigenvalue weighted by atomic mass is 10.2. The zero-order valence-electron chi connectivity index (χ0n) is 13.1. The second kappa shape index (κ2) is 8.40. The number of hydrogen-bond acceptors (Lipinski definition) is 4. The van der Waals surface area contributed by atoms with Gasteiger partial charge in [0.2, 0.25) is 6.10 Å². The number of halogens is 3. The normalized spacial score (nSPS) is 13.2. The number of rotatable bonds is 7. The van der Waals surface area contributed by atoms with Crippen molar-refractivity contribution in [2.24, 2.45) is 5.16 Å². The summed E-state index contributed by atoms with van der Waals surface area (Å²) in [5.74, 6) is -0.310. The molecular formula is C15H19F3N2O3. The first-order chi connectivity index (χ1) is 10.7. The molecule has 0 heterocycles. The fraction of sp³-hybridized carbons (Fsp3) is 0.467. The Morgan fingerprint density at radius 3 is 2.57 bits per heavy atom. The van der Waals surface area contributed by atoms with Gasteiger partial charge in [-0.3, -0.25) is 4.79 Å². The van der Waals surface area contributed by atoms with Gasteiger partial charge in [0.05, 0.1) is 12.3 Å². The molecule has 8 heteroatoms. The van der Waals surface area contributed by atoms with E-state index in [4.69, 9.17) is 9.57 Å². The molecule has 0 saturated carbocycles. The average Bonchev–Trinajstić information content (AvgIpc) is 2.45. The van der Waals surface area contributed by atoms with Gasteiger partial charge in [0.15, 0.2) is 0 Å². The van der Waals surface area contributed by atoms with Gasteiger partial charge in [0, 0.05) is 5.56 Å². The molecule has 0 spiro atoms. The summed E-state index contributed by atoms with van der Waals surface area (Å²) in [6, 6.07) is 7.05. The van der Waals surface area contributed by atoms with Crippen molar-refractivity contribution in [1.29, 1.82) is 0 Å². The third kappa shape index (κ3) is 7.53. The highest BCUT2D eigenvalue weighted by Gasteiger charge is 2.29. The van der Waals surface area contributed by atoms with Crippen LogP contribution in [0.4, 0.5) is 13.2 Å². The van der Waals surface area contributed by atoms with Crippen LogP contribution in [0.1, 0.15) is 26.3 Å². The molecule has 0 aromatic heterocycles. The largest absolute Gasteiger partial charge is 0.490 e. The maximum Gasteiger partial charge on any atom is 0.405 e. The first-order valence-electron chi connectivity index (χ1n) is 6.98. The van der Waals surface area contributed by atoms with Crippen molar-refractivity contribution in [3.05, 3.63) is 29.8 Å². The number of hydrogen-bond donors (Lipinski definition) is 1. The Hall–Kier alpha value is -2.25. The number of oxime groups is 1. The summed E-state index contributed by atoms with van der Waals surface area (Å²) in [6.45, 7) is 3.64. The highest BCUT2D eigenvalue weighted by Crippen LogP contribution is 2.17. The molecule has 0 aliphatic rings. The van der Waals surface area contributed by atoms with Crippen molar-refractivity contribution in [2.45, 2.75) is 39.2 Å². The SMILES string of the molecule is CC(C)Oc1ccccc1/C=N/OC(C)C(=O)NCC(F)(F)F. The minimum Gasteiger partial charge on any atom is -0.490 e. The van der Waals surface area contributed by atoms with Gasteiger partial charge in [-0.05, 0) is 32.9 Å². The van der Waals surface area contributed by atoms with Crippen LogP contribution in [0.3, 0.4) is 0 Å². The minimum atomic E-state index is -4.47. The summed E-state index contributed by atoms with van der Waals surface area (Å²) in [5.41, 5.74) is 0.629. The number of benzene rings is 1. The van der Waals surface area contributed by atoms with Gasteiger partial charge in [-0.2, -0.15) is 13.2 Å². The average molecular weight is 332 g/mol. The zero-order chi connectivity index (χ0) is 17.5. The fourth-order valence-electron chi connectivity index (χ4n) is 1.51. The molecule has 1 unspecified atom stereocenters. The summed E-state index contributed by atoms with van der Waals surface area (Å²) >= 11 is 0. The van der Waals surface area contributed by atoms with Gasteiger partial charge in [0.25, 0.3) is 5.91 Å². The van der Waals surface area contributed by atoms with Crippen LogP contribution in [-0.2, 0) is 9.63 Å². The van der Waals surface area contributed by atoms with Gasteiger partial charge in [-0.15, -0.1) is 0 Å². The van der Waals surface area contributed by atoms with E-state index in [0.717, 1.165) is 0 Å². The van der Waals surface area contributed by atoms with E-state index in [1.54, 1.807) is 29.6 Å². The molecule has 0 bridgehead atoms. The molecule has 5 nitrogen and oxygen atoms in total. The molecular weight excluding hydrogens is 313 g/mol. The van der Waals surface area contributed by atoms with Crippen molar-refractivity contribution < 1.29 is 27.5 Å². The molecule has 1 rings (SSSR count). The van der Waals surface area contributed by atoms with Crippen molar-refractivity contribution in [2.75, 3.05) is 6.54 Å². The van der Waals surface area contributed by atoms with Crippen molar-refractivity contribution in [3.8, 4) is 5.75 Å². The maximum atomic E-state index is 12.0. The van der Waals surface area contributed by atoms with Crippen LogP contribution >= 0.6 is 0 Å². The van der Waals surface area contributed by atoms with Crippen LogP contribution in [0.15, 0.2) is 29.4 Å². The molecule has 1 aromatic carbocycles. The third-order valence-corrected chi connectivity index (χ3v) is 2.52. The highest BCUT2D eigenvalue weighted by molar-refractivity contribution is 5.83. The number of carbonyl (C=O) groups excluding carboxylic acids is 1. The Morgan fingerprint density at radius 2 is 1.96 bits per heavy atom. The number of ether oxygens (including phenoxy) is 1. The molecule has 23 heavy (non-hydrogen) atoms. The molecule has 1 aromatic rings. The lowest BCUT2D eigenvalue weighted by molar-refractivity contribution is -0.144. The first-order valence-corrected chi connectivity index (χ1v) is 6.98. The van der Waals surface area contributed by atoms with Gasteiger partial charge in [-0.1, -0.05) is 17.3 Å². The Labute approximate surface area is 132 Å². The van der Waals surface area contributed by atoms with Crippen LogP contribution < -0.4 is 10.1 Å². The maximum absolute atomic E-state index is 12.0. The Morgan fingerprint density at radius 1 is 1.30 bits per heavy atom. The lowest BCUT2D eigenvalue weighted by Crippen LogP contribution is -2.39. The molecule has 0 saturated heterocycles. The number of nitrogens with one attached hydrogen (secondary N) is 1. The Bertz CT molecular complexity index is 545. The van der Waals surface area contributed by atoms with E-state index in [1.807, 2.05) is 13.8 Å². The van der Waals surface area contributed by atoms with E-state index in [1.165, 1.54) is 13.1 Å². The van der Waals surface area contributed by atoms with Crippen LogP contribution in [0, 0.1) is 0 Å². The number of amides is 1. The second-order valence-corrected chi connectivity index (χ2v) is 5.02. The number of nitrogens with zero attached hydrogens (tertiary/aromatic N) is 1. The summed E-state index contributed by atoms with van der Waals surface area (Å²) in [4.78, 5) is 16.3. The van der Waals surface area contributed by atoms with Gasteiger partial charge in [0.1, 0.15) is 12.3 Å². The van der Waals surface area contributed by atoms with Gasteiger partial charge in [-0.25, -0.2) is 0 Å². The monoisotopic (exact) mass is 332 g/mol. The number of carbonyl (C=O) groups is 1. The molecule has 0 aliphatic heterocycles. The molecule has 1 N–H and O–H groups in total. The topological polar surface area (TPSA) is 59.9 Å². The quantitative estimate of drug-likeness (QED) is 0.617. The standard InChI is InChI=1S/C15H19F3N2O3/c1-10(2)22-13-7-5-4-6-12(13)8-20-23-11(3)14(21)19-9-15(16,17)18/h4-8,10-11H,9H2,1-3H3,(H,19,21)/b20-8+. The van der Waals surface area contributed by atoms with Crippen molar-refractivity contribution in [3.63, 3.8) is 0 Å². The number of alkyl halides is 3. The van der Waals surface area contributed by atoms with Crippen LogP contribution in [-0.4, -0.2) is 37.1 Å². The molecule has 0 aliphatic carbocycles. The van der Waals surface area contributed by atoms with E-state index in [-0.39, 0.29) is 6.10 Å². The predicted octanol–water partition coefficient (Wildman–Crippen LogP) is 2.89. The fourth-order valence-corrected chi connectivity index (χ4v) is 1.51. The van der Waals surface area contributed by atoms with E-state index < -0.39 is 24.7 Å². The van der Waals surface area contributed by atoms with Crippen LogP contribution in [0.2, 0.25) is 0 Å². The van der Waals surface area contributed by atoms with Gasteiger partial charge >= 0.3 is 6.18 Å². The lowest BCUT2D eigenvalue weighted by Gasteiger charge is -2.13. The molecule has 1 atom stereocenters. The number of para-hydroxylation sites is 1.